The maximum atomic E-state index is 13.4. The van der Waals surface area contributed by atoms with Gasteiger partial charge in [0.2, 0.25) is 0 Å². The molecule has 0 aromatic heterocycles. The molecule has 1 heterocycles. The molecule has 2 N–H and O–H groups in total. The molecule has 4 heteroatoms. The second kappa shape index (κ2) is 3.87. The molecular weight excluding hydrogens is 249 g/mol. The van der Waals surface area contributed by atoms with Gasteiger partial charge in [-0.3, -0.25) is 0 Å². The van der Waals surface area contributed by atoms with E-state index in [-0.39, 0.29) is 11.9 Å². The van der Waals surface area contributed by atoms with E-state index < -0.39 is 0 Å². The maximum Gasteiger partial charge on any atom is 0.165 e. The van der Waals surface area contributed by atoms with Crippen LogP contribution in [0.3, 0.4) is 0 Å². The lowest BCUT2D eigenvalue weighted by molar-refractivity contribution is 0.301. The summed E-state index contributed by atoms with van der Waals surface area (Å²) in [5.41, 5.74) is 6.69. The Labute approximate surface area is 90.4 Å². The number of nitrogens with two attached hydrogens (primary N) is 1. The number of benzene rings is 1. The van der Waals surface area contributed by atoms with Gasteiger partial charge in [-0.1, -0.05) is 15.9 Å². The Morgan fingerprint density at radius 3 is 3.07 bits per heavy atom. The summed E-state index contributed by atoms with van der Waals surface area (Å²) in [6.07, 6.45) is 1.69. The fraction of sp³-hybridized carbons (Fsp3) is 0.400. The Hall–Kier alpha value is -0.610. The molecule has 0 fully saturated rings. The van der Waals surface area contributed by atoms with Crippen LogP contribution in [0.4, 0.5) is 4.39 Å². The summed E-state index contributed by atoms with van der Waals surface area (Å²) >= 11 is 3.36. The van der Waals surface area contributed by atoms with Crippen molar-refractivity contribution in [1.29, 1.82) is 0 Å². The van der Waals surface area contributed by atoms with Gasteiger partial charge in [-0.05, 0) is 25.0 Å². The molecule has 1 aliphatic rings. The highest BCUT2D eigenvalue weighted by molar-refractivity contribution is 9.10. The van der Waals surface area contributed by atoms with Crippen molar-refractivity contribution >= 4 is 15.9 Å². The highest BCUT2D eigenvalue weighted by Gasteiger charge is 2.22. The second-order valence-corrected chi connectivity index (χ2v) is 4.22. The van der Waals surface area contributed by atoms with E-state index in [1.54, 1.807) is 6.07 Å². The summed E-state index contributed by atoms with van der Waals surface area (Å²) < 4.78 is 19.6. The molecule has 0 radical (unpaired) electrons. The SMILES string of the molecule is N[C@H]1CCCOc2c(F)ccc(Br)c21. The van der Waals surface area contributed by atoms with Crippen molar-refractivity contribution in [2.45, 2.75) is 18.9 Å². The molecule has 2 nitrogen and oxygen atoms in total. The van der Waals surface area contributed by atoms with Crippen LogP contribution in [0.5, 0.6) is 5.75 Å². The summed E-state index contributed by atoms with van der Waals surface area (Å²) in [7, 11) is 0. The van der Waals surface area contributed by atoms with Crippen LogP contribution in [0, 0.1) is 5.82 Å². The minimum Gasteiger partial charge on any atom is -0.490 e. The molecule has 0 saturated carbocycles. The Balaban J connectivity index is 2.57. The largest absolute Gasteiger partial charge is 0.490 e. The van der Waals surface area contributed by atoms with E-state index in [0.717, 1.165) is 22.9 Å². The van der Waals surface area contributed by atoms with Gasteiger partial charge in [0, 0.05) is 16.1 Å². The summed E-state index contributed by atoms with van der Waals surface area (Å²) in [5, 5.41) is 0. The van der Waals surface area contributed by atoms with Gasteiger partial charge in [-0.2, -0.15) is 0 Å². The molecule has 0 aliphatic carbocycles. The predicted octanol–water partition coefficient (Wildman–Crippen LogP) is 2.76. The van der Waals surface area contributed by atoms with Crippen LogP contribution < -0.4 is 10.5 Å². The van der Waals surface area contributed by atoms with Crippen molar-refractivity contribution in [3.05, 3.63) is 28.0 Å². The molecule has 1 aromatic carbocycles. The summed E-state index contributed by atoms with van der Waals surface area (Å²) in [5.74, 6) is -0.0232. The van der Waals surface area contributed by atoms with Crippen LogP contribution in [0.15, 0.2) is 16.6 Å². The molecule has 2 rings (SSSR count). The Kier molecular flexibility index (Phi) is 2.74. The first-order valence-electron chi connectivity index (χ1n) is 4.56. The highest BCUT2D eigenvalue weighted by Crippen LogP contribution is 2.37. The van der Waals surface area contributed by atoms with Crippen molar-refractivity contribution in [3.8, 4) is 5.75 Å². The van der Waals surface area contributed by atoms with E-state index in [1.165, 1.54) is 6.07 Å². The van der Waals surface area contributed by atoms with Crippen LogP contribution in [0.25, 0.3) is 0 Å². The third-order valence-electron chi connectivity index (χ3n) is 2.37. The standard InChI is InChI=1S/C10H11BrFNO/c11-6-3-4-7(12)10-9(6)8(13)2-1-5-14-10/h3-4,8H,1-2,5,13H2/t8-/m0/s1. The van der Waals surface area contributed by atoms with Crippen molar-refractivity contribution in [2.24, 2.45) is 5.73 Å². The fourth-order valence-corrected chi connectivity index (χ4v) is 2.27. The first kappa shape index (κ1) is 9.93. The first-order chi connectivity index (χ1) is 6.70. The van der Waals surface area contributed by atoms with Crippen LogP contribution in [-0.2, 0) is 0 Å². The van der Waals surface area contributed by atoms with E-state index in [1.807, 2.05) is 0 Å². The van der Waals surface area contributed by atoms with Gasteiger partial charge in [0.25, 0.3) is 0 Å². The molecule has 14 heavy (non-hydrogen) atoms. The zero-order valence-electron chi connectivity index (χ0n) is 7.59. The Bertz CT molecular complexity index is 356. The van der Waals surface area contributed by atoms with Crippen molar-refractivity contribution < 1.29 is 9.13 Å². The third kappa shape index (κ3) is 1.64. The number of hydrogen-bond donors (Lipinski definition) is 1. The molecular formula is C10H11BrFNO. The van der Waals surface area contributed by atoms with E-state index in [0.29, 0.717) is 12.4 Å². The zero-order chi connectivity index (χ0) is 10.1. The molecule has 1 aliphatic heterocycles. The average Bonchev–Trinajstić information content (AvgIpc) is 2.35. The molecule has 0 saturated heterocycles. The maximum absolute atomic E-state index is 13.4. The predicted molar refractivity (Wildman–Crippen MR) is 55.8 cm³/mol. The van der Waals surface area contributed by atoms with E-state index in [2.05, 4.69) is 15.9 Å². The summed E-state index contributed by atoms with van der Waals surface area (Å²) in [6, 6.07) is 2.92. The fourth-order valence-electron chi connectivity index (χ4n) is 1.66. The summed E-state index contributed by atoms with van der Waals surface area (Å²) in [4.78, 5) is 0. The Morgan fingerprint density at radius 1 is 1.50 bits per heavy atom. The molecule has 76 valence electrons. The van der Waals surface area contributed by atoms with Crippen molar-refractivity contribution in [3.63, 3.8) is 0 Å². The zero-order valence-corrected chi connectivity index (χ0v) is 9.18. The van der Waals surface area contributed by atoms with Crippen LogP contribution in [0.1, 0.15) is 24.4 Å². The molecule has 0 unspecified atom stereocenters. The molecule has 0 bridgehead atoms. The number of rotatable bonds is 0. The van der Waals surface area contributed by atoms with Gasteiger partial charge in [0.1, 0.15) is 0 Å². The minimum atomic E-state index is -0.333. The molecule has 0 spiro atoms. The van der Waals surface area contributed by atoms with Gasteiger partial charge in [-0.25, -0.2) is 4.39 Å². The minimum absolute atomic E-state index is 0.141. The van der Waals surface area contributed by atoms with Crippen molar-refractivity contribution in [2.75, 3.05) is 6.61 Å². The average molecular weight is 260 g/mol. The van der Waals surface area contributed by atoms with Crippen molar-refractivity contribution in [1.82, 2.24) is 0 Å². The van der Waals surface area contributed by atoms with E-state index in [9.17, 15) is 4.39 Å². The second-order valence-electron chi connectivity index (χ2n) is 3.37. The lowest BCUT2D eigenvalue weighted by atomic mass is 10.0. The molecule has 1 aromatic rings. The van der Waals surface area contributed by atoms with Crippen LogP contribution >= 0.6 is 15.9 Å². The number of hydrogen-bond acceptors (Lipinski definition) is 2. The van der Waals surface area contributed by atoms with E-state index >= 15 is 0 Å². The number of fused-ring (bicyclic) bond motifs is 1. The molecule has 1 atom stereocenters. The molecule has 0 amide bonds. The smallest absolute Gasteiger partial charge is 0.165 e. The summed E-state index contributed by atoms with van der Waals surface area (Å²) in [6.45, 7) is 0.536. The van der Waals surface area contributed by atoms with Gasteiger partial charge < -0.3 is 10.5 Å². The van der Waals surface area contributed by atoms with Crippen LogP contribution in [0.2, 0.25) is 0 Å². The van der Waals surface area contributed by atoms with Gasteiger partial charge >= 0.3 is 0 Å². The van der Waals surface area contributed by atoms with Gasteiger partial charge in [0.15, 0.2) is 11.6 Å². The normalized spacial score (nSPS) is 20.9. The monoisotopic (exact) mass is 259 g/mol. The van der Waals surface area contributed by atoms with E-state index in [4.69, 9.17) is 10.5 Å². The van der Waals surface area contributed by atoms with Gasteiger partial charge in [-0.15, -0.1) is 0 Å². The topological polar surface area (TPSA) is 35.2 Å². The highest BCUT2D eigenvalue weighted by atomic mass is 79.9. The Morgan fingerprint density at radius 2 is 2.29 bits per heavy atom. The number of halogens is 2. The lowest BCUT2D eigenvalue weighted by Crippen LogP contribution is -2.10. The number of ether oxygens (including phenoxy) is 1. The first-order valence-corrected chi connectivity index (χ1v) is 5.35. The quantitative estimate of drug-likeness (QED) is 0.778. The van der Waals surface area contributed by atoms with Gasteiger partial charge in [0.05, 0.1) is 6.61 Å². The van der Waals surface area contributed by atoms with Crippen LogP contribution in [-0.4, -0.2) is 6.61 Å². The lowest BCUT2D eigenvalue weighted by Gasteiger charge is -2.14. The third-order valence-corrected chi connectivity index (χ3v) is 3.06.